The van der Waals surface area contributed by atoms with Crippen LogP contribution in [0.3, 0.4) is 0 Å². The van der Waals surface area contributed by atoms with E-state index in [1.54, 1.807) is 48.5 Å². The summed E-state index contributed by atoms with van der Waals surface area (Å²) in [6.07, 6.45) is 0. The van der Waals surface area contributed by atoms with Crippen molar-refractivity contribution in [2.45, 2.75) is 6.92 Å². The Balaban J connectivity index is 2.44. The van der Waals surface area contributed by atoms with E-state index in [0.717, 1.165) is 0 Å². The van der Waals surface area contributed by atoms with E-state index >= 15 is 0 Å². The molecule has 0 radical (unpaired) electrons. The second-order valence-electron chi connectivity index (χ2n) is 4.48. The summed E-state index contributed by atoms with van der Waals surface area (Å²) in [5.41, 5.74) is 2.09. The lowest BCUT2D eigenvalue weighted by molar-refractivity contribution is -0.120. The molecule has 4 heteroatoms. The molecule has 0 atom stereocenters. The number of carbonyl (C=O) groups is 2. The van der Waals surface area contributed by atoms with Gasteiger partial charge < -0.3 is 4.74 Å². The molecule has 0 fully saturated rings. The predicted molar refractivity (Wildman–Crippen MR) is 77.6 cm³/mol. The molecule has 0 aliphatic carbocycles. The number of ketones is 1. The van der Waals surface area contributed by atoms with Crippen LogP contribution in [0.1, 0.15) is 22.8 Å². The quantitative estimate of drug-likeness (QED) is 0.807. The molecule has 0 aliphatic rings. The topological polar surface area (TPSA) is 67.2 Å². The van der Waals surface area contributed by atoms with Crippen LogP contribution in [0.5, 0.6) is 0 Å². The van der Waals surface area contributed by atoms with Crippen molar-refractivity contribution in [3.63, 3.8) is 0 Å². The molecule has 104 valence electrons. The van der Waals surface area contributed by atoms with Gasteiger partial charge in [0.2, 0.25) is 0 Å². The first-order valence-corrected chi connectivity index (χ1v) is 6.38. The molecule has 0 heterocycles. The minimum atomic E-state index is -0.575. The number of benzene rings is 2. The lowest BCUT2D eigenvalue weighted by atomic mass is 9.96. The zero-order valence-electron chi connectivity index (χ0n) is 11.5. The molecule has 2 aromatic carbocycles. The Hall–Kier alpha value is -2.93. The van der Waals surface area contributed by atoms with Crippen molar-refractivity contribution >= 4 is 11.8 Å². The molecule has 0 spiro atoms. The van der Waals surface area contributed by atoms with Crippen LogP contribution in [0.2, 0.25) is 0 Å². The van der Waals surface area contributed by atoms with E-state index in [4.69, 9.17) is 4.74 Å². The number of rotatable bonds is 4. The molecule has 0 aliphatic heterocycles. The van der Waals surface area contributed by atoms with E-state index in [2.05, 4.69) is 6.07 Å². The van der Waals surface area contributed by atoms with Crippen LogP contribution in [-0.2, 0) is 9.53 Å². The predicted octanol–water partition coefficient (Wildman–Crippen LogP) is 2.97. The van der Waals surface area contributed by atoms with Crippen molar-refractivity contribution in [1.29, 1.82) is 5.26 Å². The van der Waals surface area contributed by atoms with Crippen molar-refractivity contribution in [2.75, 3.05) is 6.61 Å². The van der Waals surface area contributed by atoms with Crippen molar-refractivity contribution in [1.82, 2.24) is 0 Å². The summed E-state index contributed by atoms with van der Waals surface area (Å²) in [6.45, 7) is 1.09. The van der Waals surface area contributed by atoms with Crippen LogP contribution in [0.15, 0.2) is 48.5 Å². The van der Waals surface area contributed by atoms with Crippen LogP contribution in [0.4, 0.5) is 0 Å². The van der Waals surface area contributed by atoms with Crippen LogP contribution < -0.4 is 0 Å². The second kappa shape index (κ2) is 6.49. The summed E-state index contributed by atoms with van der Waals surface area (Å²) in [7, 11) is 0. The average molecular weight is 279 g/mol. The number of carbonyl (C=O) groups excluding carboxylic acids is 2. The van der Waals surface area contributed by atoms with Gasteiger partial charge in [-0.2, -0.15) is 5.26 Å². The Morgan fingerprint density at radius 3 is 2.33 bits per heavy atom. The number of Topliss-reactive ketones (excluding diaryl/α,β-unsaturated/α-hetero) is 1. The van der Waals surface area contributed by atoms with Crippen LogP contribution >= 0.6 is 0 Å². The van der Waals surface area contributed by atoms with Crippen molar-refractivity contribution in [3.05, 3.63) is 59.7 Å². The van der Waals surface area contributed by atoms with Crippen molar-refractivity contribution in [2.24, 2.45) is 0 Å². The lowest BCUT2D eigenvalue weighted by Crippen LogP contribution is -2.12. The van der Waals surface area contributed by atoms with Crippen molar-refractivity contribution < 1.29 is 14.3 Å². The maximum atomic E-state index is 12.1. The third kappa shape index (κ3) is 3.34. The maximum Gasteiger partial charge on any atom is 0.339 e. The molecule has 2 rings (SSSR count). The highest BCUT2D eigenvalue weighted by Crippen LogP contribution is 2.27. The van der Waals surface area contributed by atoms with Crippen LogP contribution in [-0.4, -0.2) is 18.4 Å². The summed E-state index contributed by atoms with van der Waals surface area (Å²) in [5.74, 6) is -0.799. The fraction of sp³-hybridized carbons (Fsp3) is 0.118. The van der Waals surface area contributed by atoms with Gasteiger partial charge in [-0.05, 0) is 24.6 Å². The summed E-state index contributed by atoms with van der Waals surface area (Å²) in [5, 5.41) is 9.17. The Bertz CT molecular complexity index is 729. The molecule has 0 unspecified atom stereocenters. The molecular formula is C17H13NO3. The largest absolute Gasteiger partial charge is 0.454 e. The SMILES string of the molecule is CC(=O)COC(=O)c1ccccc1-c1ccccc1C#N. The fourth-order valence-electron chi connectivity index (χ4n) is 1.96. The smallest absolute Gasteiger partial charge is 0.339 e. The van der Waals surface area contributed by atoms with Gasteiger partial charge in [0.05, 0.1) is 17.2 Å². The highest BCUT2D eigenvalue weighted by Gasteiger charge is 2.16. The molecule has 21 heavy (non-hydrogen) atoms. The third-order valence-electron chi connectivity index (χ3n) is 2.89. The summed E-state index contributed by atoms with van der Waals surface area (Å²) in [6, 6.07) is 16.0. The fourth-order valence-corrected chi connectivity index (χ4v) is 1.96. The first-order chi connectivity index (χ1) is 10.1. The molecule has 0 N–H and O–H groups in total. The Morgan fingerprint density at radius 2 is 1.67 bits per heavy atom. The first-order valence-electron chi connectivity index (χ1n) is 6.38. The zero-order chi connectivity index (χ0) is 15.2. The number of nitrogens with zero attached hydrogens (tertiary/aromatic N) is 1. The third-order valence-corrected chi connectivity index (χ3v) is 2.89. The maximum absolute atomic E-state index is 12.1. The van der Waals surface area contributed by atoms with Gasteiger partial charge in [0, 0.05) is 5.56 Å². The summed E-state index contributed by atoms with van der Waals surface area (Å²) < 4.78 is 4.95. The summed E-state index contributed by atoms with van der Waals surface area (Å²) in [4.78, 5) is 23.0. The van der Waals surface area contributed by atoms with Gasteiger partial charge in [-0.3, -0.25) is 4.79 Å². The number of hydrogen-bond donors (Lipinski definition) is 0. The number of hydrogen-bond acceptors (Lipinski definition) is 4. The monoisotopic (exact) mass is 279 g/mol. The minimum absolute atomic E-state index is 0.224. The minimum Gasteiger partial charge on any atom is -0.454 e. The first kappa shape index (κ1) is 14.5. The van der Waals surface area contributed by atoms with Gasteiger partial charge in [-0.25, -0.2) is 4.79 Å². The lowest BCUT2D eigenvalue weighted by Gasteiger charge is -2.10. The van der Waals surface area contributed by atoms with E-state index in [0.29, 0.717) is 22.3 Å². The molecule has 0 saturated carbocycles. The van der Waals surface area contributed by atoms with Gasteiger partial charge in [-0.15, -0.1) is 0 Å². The van der Waals surface area contributed by atoms with E-state index in [-0.39, 0.29) is 12.4 Å². The highest BCUT2D eigenvalue weighted by molar-refractivity contribution is 5.98. The van der Waals surface area contributed by atoms with Gasteiger partial charge in [0.15, 0.2) is 5.78 Å². The normalized spacial score (nSPS) is 9.71. The van der Waals surface area contributed by atoms with E-state index in [1.807, 2.05) is 0 Å². The van der Waals surface area contributed by atoms with Crippen molar-refractivity contribution in [3.8, 4) is 17.2 Å². The van der Waals surface area contributed by atoms with Crippen LogP contribution in [0, 0.1) is 11.3 Å². The molecule has 4 nitrogen and oxygen atoms in total. The molecular weight excluding hydrogens is 266 g/mol. The van der Waals surface area contributed by atoms with E-state index in [1.165, 1.54) is 6.92 Å². The van der Waals surface area contributed by atoms with Gasteiger partial charge in [0.25, 0.3) is 0 Å². The standard InChI is InChI=1S/C17H13NO3/c1-12(19)11-21-17(20)16-9-5-4-8-15(16)14-7-3-2-6-13(14)10-18/h2-9H,11H2,1H3. The molecule has 0 bridgehead atoms. The van der Waals surface area contributed by atoms with Gasteiger partial charge >= 0.3 is 5.97 Å². The Kier molecular flexibility index (Phi) is 4.47. The van der Waals surface area contributed by atoms with E-state index < -0.39 is 5.97 Å². The van der Waals surface area contributed by atoms with Crippen LogP contribution in [0.25, 0.3) is 11.1 Å². The Labute approximate surface area is 122 Å². The highest BCUT2D eigenvalue weighted by atomic mass is 16.5. The molecule has 0 amide bonds. The van der Waals surface area contributed by atoms with Gasteiger partial charge in [-0.1, -0.05) is 36.4 Å². The average Bonchev–Trinajstić information content (AvgIpc) is 2.52. The van der Waals surface area contributed by atoms with Gasteiger partial charge in [0.1, 0.15) is 6.61 Å². The number of nitriles is 1. The second-order valence-corrected chi connectivity index (χ2v) is 4.48. The summed E-state index contributed by atoms with van der Waals surface area (Å²) >= 11 is 0. The molecule has 0 aromatic heterocycles. The number of esters is 1. The zero-order valence-corrected chi connectivity index (χ0v) is 11.5. The Morgan fingerprint density at radius 1 is 1.05 bits per heavy atom. The number of ether oxygens (including phenoxy) is 1. The molecule has 2 aromatic rings. The molecule has 0 saturated heterocycles. The van der Waals surface area contributed by atoms with E-state index in [9.17, 15) is 14.9 Å².